The van der Waals surface area contributed by atoms with Crippen LogP contribution in [0.1, 0.15) is 41.5 Å². The minimum Gasteiger partial charge on any atom is -0.379 e. The van der Waals surface area contributed by atoms with Crippen molar-refractivity contribution in [2.24, 2.45) is 0 Å². The van der Waals surface area contributed by atoms with Crippen LogP contribution in [-0.2, 0) is 0 Å². The van der Waals surface area contributed by atoms with Crippen molar-refractivity contribution in [3.05, 3.63) is 43.0 Å². The van der Waals surface area contributed by atoms with E-state index in [0.29, 0.717) is 0 Å². The first-order valence-electron chi connectivity index (χ1n) is 7.99. The van der Waals surface area contributed by atoms with Gasteiger partial charge in [0, 0.05) is 18.6 Å². The molecule has 2 rings (SSSR count). The summed E-state index contributed by atoms with van der Waals surface area (Å²) in [5, 5.41) is 0. The van der Waals surface area contributed by atoms with Crippen molar-refractivity contribution < 1.29 is 0 Å². The fourth-order valence-corrected chi connectivity index (χ4v) is 10.7. The Hall–Kier alpha value is -1.35. The first-order valence-corrected chi connectivity index (χ1v) is 10.2. The van der Waals surface area contributed by atoms with Gasteiger partial charge in [0.1, 0.15) is 0 Å². The molecule has 0 atom stereocenters. The van der Waals surface area contributed by atoms with E-state index in [0.717, 1.165) is 16.6 Å². The zero-order valence-corrected chi connectivity index (χ0v) is 15.2. The molecule has 0 bridgehead atoms. The summed E-state index contributed by atoms with van der Waals surface area (Å²) in [5.74, 6) is 0. The average Bonchev–Trinajstić information content (AvgIpc) is 2.89. The summed E-state index contributed by atoms with van der Waals surface area (Å²) in [4.78, 5) is 4.11. The quantitative estimate of drug-likeness (QED) is 0.660. The van der Waals surface area contributed by atoms with E-state index in [4.69, 9.17) is 0 Å². The molecule has 21 heavy (non-hydrogen) atoms. The molecule has 0 aliphatic heterocycles. The summed E-state index contributed by atoms with van der Waals surface area (Å²) >= 11 is 0. The van der Waals surface area contributed by atoms with Crippen molar-refractivity contribution in [1.82, 2.24) is 9.22 Å². The van der Waals surface area contributed by atoms with Gasteiger partial charge in [0.05, 0.1) is 0 Å². The van der Waals surface area contributed by atoms with Crippen molar-refractivity contribution in [3.63, 3.8) is 0 Å². The number of aromatic nitrogens is 2. The van der Waals surface area contributed by atoms with E-state index in [2.05, 4.69) is 81.4 Å². The Morgan fingerprint density at radius 3 is 1.81 bits per heavy atom. The van der Waals surface area contributed by atoms with Crippen LogP contribution in [0.3, 0.4) is 0 Å². The third-order valence-corrected chi connectivity index (χ3v) is 11.7. The lowest BCUT2D eigenvalue weighted by Gasteiger charge is -2.44. The first-order chi connectivity index (χ1) is 9.90. The number of hydrogen-bond acceptors (Lipinski definition) is 1. The van der Waals surface area contributed by atoms with Gasteiger partial charge in [0.25, 0.3) is 0 Å². The van der Waals surface area contributed by atoms with Crippen LogP contribution in [0.4, 0.5) is 0 Å². The van der Waals surface area contributed by atoms with Crippen LogP contribution in [0.2, 0.25) is 16.6 Å². The Morgan fingerprint density at radius 1 is 0.810 bits per heavy atom. The summed E-state index contributed by atoms with van der Waals surface area (Å²) in [6.07, 6.45) is 8.40. The van der Waals surface area contributed by atoms with Crippen molar-refractivity contribution in [2.45, 2.75) is 58.2 Å². The topological polar surface area (TPSA) is 17.8 Å². The fourth-order valence-electron chi connectivity index (χ4n) is 4.25. The van der Waals surface area contributed by atoms with Gasteiger partial charge < -0.3 is 4.23 Å². The van der Waals surface area contributed by atoms with Gasteiger partial charge in [-0.25, -0.2) is 0 Å². The maximum atomic E-state index is 4.11. The molecule has 2 aromatic heterocycles. The molecule has 0 N–H and O–H groups in total. The molecule has 3 heteroatoms. The molecule has 0 saturated heterocycles. The molecule has 0 saturated carbocycles. The van der Waals surface area contributed by atoms with Crippen LogP contribution < -0.4 is 0 Å². The van der Waals surface area contributed by atoms with E-state index in [9.17, 15) is 0 Å². The van der Waals surface area contributed by atoms with Gasteiger partial charge in [-0.3, -0.25) is 4.98 Å². The van der Waals surface area contributed by atoms with Crippen LogP contribution in [0.15, 0.2) is 43.0 Å². The van der Waals surface area contributed by atoms with Crippen molar-refractivity contribution >= 4 is 8.24 Å². The van der Waals surface area contributed by atoms with Gasteiger partial charge in [0.2, 0.25) is 0 Å². The lowest BCUT2D eigenvalue weighted by molar-refractivity contribution is 0.766. The molecule has 2 nitrogen and oxygen atoms in total. The van der Waals surface area contributed by atoms with Gasteiger partial charge in [0.15, 0.2) is 8.24 Å². The Morgan fingerprint density at radius 2 is 1.33 bits per heavy atom. The summed E-state index contributed by atoms with van der Waals surface area (Å²) in [6, 6.07) is 6.43. The second-order valence-corrected chi connectivity index (χ2v) is 12.6. The highest BCUT2D eigenvalue weighted by atomic mass is 28.3. The van der Waals surface area contributed by atoms with Crippen molar-refractivity contribution in [2.75, 3.05) is 0 Å². The molecular weight excluding hydrogens is 272 g/mol. The van der Waals surface area contributed by atoms with Crippen LogP contribution in [0, 0.1) is 0 Å². The fraction of sp³-hybridized carbons (Fsp3) is 0.500. The Bertz CT molecular complexity index is 548. The molecule has 0 radical (unpaired) electrons. The Kier molecular flexibility index (Phi) is 4.72. The third-order valence-electron chi connectivity index (χ3n) is 4.93. The van der Waals surface area contributed by atoms with Crippen molar-refractivity contribution in [3.8, 4) is 11.1 Å². The van der Waals surface area contributed by atoms with E-state index in [1.807, 2.05) is 12.4 Å². The van der Waals surface area contributed by atoms with E-state index in [1.54, 1.807) is 0 Å². The molecule has 0 aliphatic carbocycles. The largest absolute Gasteiger partial charge is 0.379 e. The molecule has 0 aromatic carbocycles. The monoisotopic (exact) mass is 300 g/mol. The van der Waals surface area contributed by atoms with E-state index in [1.165, 1.54) is 11.1 Å². The average molecular weight is 301 g/mol. The summed E-state index contributed by atoms with van der Waals surface area (Å²) in [5.41, 5.74) is 4.71. The molecule has 2 aromatic rings. The summed E-state index contributed by atoms with van der Waals surface area (Å²) < 4.78 is 2.59. The molecule has 0 amide bonds. The van der Waals surface area contributed by atoms with Gasteiger partial charge in [-0.2, -0.15) is 0 Å². The Labute approximate surface area is 130 Å². The highest BCUT2D eigenvalue weighted by Crippen LogP contribution is 2.43. The second kappa shape index (κ2) is 6.18. The minimum atomic E-state index is -1.61. The second-order valence-electron chi connectivity index (χ2n) is 6.89. The third kappa shape index (κ3) is 2.71. The minimum absolute atomic E-state index is 0.718. The lowest BCUT2D eigenvalue weighted by atomic mass is 10.1. The molecule has 0 fully saturated rings. The molecule has 2 heterocycles. The SMILES string of the molecule is CC(C)[Si](C(C)C)(C(C)C)n1ccc(-c2ccncc2)c1. The molecule has 0 unspecified atom stereocenters. The smallest absolute Gasteiger partial charge is 0.168 e. The zero-order valence-electron chi connectivity index (χ0n) is 14.2. The van der Waals surface area contributed by atoms with E-state index in [-0.39, 0.29) is 0 Å². The number of rotatable bonds is 5. The maximum Gasteiger partial charge on any atom is 0.168 e. The predicted molar refractivity (Wildman–Crippen MR) is 94.1 cm³/mol. The lowest BCUT2D eigenvalue weighted by Crippen LogP contribution is -2.51. The van der Waals surface area contributed by atoms with Gasteiger partial charge >= 0.3 is 0 Å². The first kappa shape index (κ1) is 16.0. The predicted octanol–water partition coefficient (Wildman–Crippen LogP) is 5.57. The van der Waals surface area contributed by atoms with Gasteiger partial charge in [-0.1, -0.05) is 41.5 Å². The number of hydrogen-bond donors (Lipinski definition) is 0. The zero-order chi connectivity index (χ0) is 15.6. The van der Waals surface area contributed by atoms with Gasteiger partial charge in [-0.05, 0) is 52.1 Å². The Balaban J connectivity index is 2.51. The van der Waals surface area contributed by atoms with Crippen LogP contribution >= 0.6 is 0 Å². The standard InChI is InChI=1S/C18H28N2Si/c1-14(2)21(15(3)4,16(5)6)20-12-9-18(13-20)17-7-10-19-11-8-17/h7-16H,1-6H3. The van der Waals surface area contributed by atoms with Gasteiger partial charge in [-0.15, -0.1) is 0 Å². The number of pyridine rings is 1. The molecule has 0 spiro atoms. The summed E-state index contributed by atoms with van der Waals surface area (Å²) in [6.45, 7) is 14.4. The highest BCUT2D eigenvalue weighted by Gasteiger charge is 2.44. The molecular formula is C18H28N2Si. The molecule has 114 valence electrons. The van der Waals surface area contributed by atoms with Crippen LogP contribution in [-0.4, -0.2) is 17.5 Å². The number of nitrogens with zero attached hydrogens (tertiary/aromatic N) is 2. The van der Waals surface area contributed by atoms with Crippen LogP contribution in [0.5, 0.6) is 0 Å². The maximum absolute atomic E-state index is 4.11. The summed E-state index contributed by atoms with van der Waals surface area (Å²) in [7, 11) is -1.61. The normalized spacial score (nSPS) is 12.6. The van der Waals surface area contributed by atoms with E-state index < -0.39 is 8.24 Å². The molecule has 0 aliphatic rings. The van der Waals surface area contributed by atoms with Crippen molar-refractivity contribution in [1.29, 1.82) is 0 Å². The highest BCUT2D eigenvalue weighted by molar-refractivity contribution is 6.82. The van der Waals surface area contributed by atoms with E-state index >= 15 is 0 Å². The van der Waals surface area contributed by atoms with Crippen LogP contribution in [0.25, 0.3) is 11.1 Å².